The Morgan fingerprint density at radius 3 is 2.40 bits per heavy atom. The van der Waals surface area contributed by atoms with E-state index in [4.69, 9.17) is 0 Å². The van der Waals surface area contributed by atoms with Crippen molar-refractivity contribution in [2.24, 2.45) is 0 Å². The number of rotatable bonds is 1. The van der Waals surface area contributed by atoms with Crippen LogP contribution in [0.4, 0.5) is 17.6 Å². The first kappa shape index (κ1) is 11.5. The van der Waals surface area contributed by atoms with Crippen LogP contribution < -0.4 is 4.74 Å². The fourth-order valence-electron chi connectivity index (χ4n) is 1.02. The smallest absolute Gasteiger partial charge is 0.422 e. The average molecular weight is 222 g/mol. The zero-order chi connectivity index (χ0) is 11.6. The SMILES string of the molecule is CC(=O)Oc1cccc(F)c1C(F)(F)F. The summed E-state index contributed by atoms with van der Waals surface area (Å²) in [6.07, 6.45) is -4.89. The summed E-state index contributed by atoms with van der Waals surface area (Å²) in [7, 11) is 0. The van der Waals surface area contributed by atoms with Gasteiger partial charge in [0.25, 0.3) is 0 Å². The average Bonchev–Trinajstić information content (AvgIpc) is 1.99. The quantitative estimate of drug-likeness (QED) is 0.415. The minimum atomic E-state index is -4.89. The van der Waals surface area contributed by atoms with E-state index in [9.17, 15) is 22.4 Å². The van der Waals surface area contributed by atoms with E-state index in [-0.39, 0.29) is 0 Å². The maximum Gasteiger partial charge on any atom is 0.422 e. The Labute approximate surface area is 82.5 Å². The van der Waals surface area contributed by atoms with Gasteiger partial charge in [-0.05, 0) is 12.1 Å². The van der Waals surface area contributed by atoms with E-state index >= 15 is 0 Å². The molecule has 0 bridgehead atoms. The lowest BCUT2D eigenvalue weighted by Crippen LogP contribution is -2.13. The number of ether oxygens (including phenoxy) is 1. The molecule has 0 heterocycles. The largest absolute Gasteiger partial charge is 0.426 e. The normalized spacial score (nSPS) is 11.3. The van der Waals surface area contributed by atoms with Gasteiger partial charge in [0.05, 0.1) is 0 Å². The Morgan fingerprint density at radius 1 is 1.33 bits per heavy atom. The van der Waals surface area contributed by atoms with Gasteiger partial charge in [0.1, 0.15) is 17.1 Å². The summed E-state index contributed by atoms with van der Waals surface area (Å²) in [5.74, 6) is -3.23. The summed E-state index contributed by atoms with van der Waals surface area (Å²) in [5.41, 5.74) is -1.57. The Hall–Kier alpha value is -1.59. The summed E-state index contributed by atoms with van der Waals surface area (Å²) in [6, 6.07) is 2.56. The molecule has 15 heavy (non-hydrogen) atoms. The maximum absolute atomic E-state index is 12.9. The molecule has 0 N–H and O–H groups in total. The maximum atomic E-state index is 12.9. The van der Waals surface area contributed by atoms with Gasteiger partial charge in [-0.25, -0.2) is 4.39 Å². The molecule has 82 valence electrons. The van der Waals surface area contributed by atoms with Gasteiger partial charge in [0, 0.05) is 6.92 Å². The first-order valence-corrected chi connectivity index (χ1v) is 3.86. The summed E-state index contributed by atoms with van der Waals surface area (Å²) < 4.78 is 54.1. The minimum absolute atomic E-state index is 0.649. The highest BCUT2D eigenvalue weighted by molar-refractivity contribution is 5.69. The molecule has 0 spiro atoms. The molecular formula is C9H6F4O2. The molecule has 2 nitrogen and oxygen atoms in total. The summed E-state index contributed by atoms with van der Waals surface area (Å²) in [6.45, 7) is 0.936. The van der Waals surface area contributed by atoms with Gasteiger partial charge in [0.2, 0.25) is 0 Å². The first-order chi connectivity index (χ1) is 6.82. The molecule has 1 aromatic rings. The van der Waals surface area contributed by atoms with Gasteiger partial charge >= 0.3 is 12.1 Å². The van der Waals surface area contributed by atoms with Crippen LogP contribution in [0.2, 0.25) is 0 Å². The second kappa shape index (κ2) is 3.88. The van der Waals surface area contributed by atoms with Crippen molar-refractivity contribution in [2.45, 2.75) is 13.1 Å². The van der Waals surface area contributed by atoms with Crippen LogP contribution in [0.1, 0.15) is 12.5 Å². The molecule has 0 aromatic heterocycles. The number of benzene rings is 1. The van der Waals surface area contributed by atoms with E-state index in [2.05, 4.69) is 4.74 Å². The predicted molar refractivity (Wildman–Crippen MR) is 42.7 cm³/mol. The van der Waals surface area contributed by atoms with Gasteiger partial charge in [0.15, 0.2) is 0 Å². The van der Waals surface area contributed by atoms with Crippen molar-refractivity contribution in [1.82, 2.24) is 0 Å². The van der Waals surface area contributed by atoms with Gasteiger partial charge in [-0.15, -0.1) is 0 Å². The topological polar surface area (TPSA) is 26.3 Å². The van der Waals surface area contributed by atoms with Gasteiger partial charge in [-0.1, -0.05) is 6.07 Å². The number of halogens is 4. The number of hydrogen-bond donors (Lipinski definition) is 0. The van der Waals surface area contributed by atoms with E-state index in [1.165, 1.54) is 0 Å². The van der Waals surface area contributed by atoms with Crippen LogP contribution in [0.25, 0.3) is 0 Å². The third kappa shape index (κ3) is 2.68. The van der Waals surface area contributed by atoms with Crippen LogP contribution in [0.5, 0.6) is 5.75 Å². The highest BCUT2D eigenvalue weighted by Gasteiger charge is 2.38. The molecule has 6 heteroatoms. The summed E-state index contributed by atoms with van der Waals surface area (Å²) in [5, 5.41) is 0. The van der Waals surface area contributed by atoms with Gasteiger partial charge in [-0.2, -0.15) is 13.2 Å². The van der Waals surface area contributed by atoms with E-state index in [0.717, 1.165) is 19.1 Å². The van der Waals surface area contributed by atoms with Crippen LogP contribution in [0, 0.1) is 5.82 Å². The monoisotopic (exact) mass is 222 g/mol. The fraction of sp³-hybridized carbons (Fsp3) is 0.222. The van der Waals surface area contributed by atoms with Gasteiger partial charge < -0.3 is 4.74 Å². The summed E-state index contributed by atoms with van der Waals surface area (Å²) in [4.78, 5) is 10.5. The number of carbonyl (C=O) groups excluding carboxylic acids is 1. The number of alkyl halides is 3. The Kier molecular flexibility index (Phi) is 2.97. The van der Waals surface area contributed by atoms with Crippen LogP contribution in [0.15, 0.2) is 18.2 Å². The van der Waals surface area contributed by atoms with Crippen molar-refractivity contribution in [2.75, 3.05) is 0 Å². The molecule has 1 aromatic carbocycles. The molecule has 0 saturated heterocycles. The van der Waals surface area contributed by atoms with E-state index in [1.807, 2.05) is 0 Å². The third-order valence-corrected chi connectivity index (χ3v) is 1.51. The molecule has 0 saturated carbocycles. The van der Waals surface area contributed by atoms with E-state index in [0.29, 0.717) is 6.07 Å². The Morgan fingerprint density at radius 2 is 1.93 bits per heavy atom. The zero-order valence-electron chi connectivity index (χ0n) is 7.56. The van der Waals surface area contributed by atoms with Crippen molar-refractivity contribution < 1.29 is 27.1 Å². The molecule has 0 aliphatic carbocycles. The molecular weight excluding hydrogens is 216 g/mol. The van der Waals surface area contributed by atoms with Crippen LogP contribution >= 0.6 is 0 Å². The van der Waals surface area contributed by atoms with Crippen molar-refractivity contribution in [3.8, 4) is 5.75 Å². The number of carbonyl (C=O) groups is 1. The van der Waals surface area contributed by atoms with E-state index < -0.39 is 29.3 Å². The second-order valence-corrected chi connectivity index (χ2v) is 2.70. The molecule has 0 unspecified atom stereocenters. The molecule has 0 radical (unpaired) electrons. The van der Waals surface area contributed by atoms with Crippen molar-refractivity contribution in [3.63, 3.8) is 0 Å². The highest BCUT2D eigenvalue weighted by Crippen LogP contribution is 2.37. The van der Waals surface area contributed by atoms with Crippen LogP contribution in [0.3, 0.4) is 0 Å². The van der Waals surface area contributed by atoms with Crippen LogP contribution in [-0.2, 0) is 11.0 Å². The second-order valence-electron chi connectivity index (χ2n) is 2.70. The lowest BCUT2D eigenvalue weighted by Gasteiger charge is -2.12. The third-order valence-electron chi connectivity index (χ3n) is 1.51. The highest BCUT2D eigenvalue weighted by atomic mass is 19.4. The number of esters is 1. The molecule has 0 atom stereocenters. The van der Waals surface area contributed by atoms with Crippen molar-refractivity contribution in [3.05, 3.63) is 29.6 Å². The Bertz CT molecular complexity index is 384. The van der Waals surface area contributed by atoms with Crippen LogP contribution in [-0.4, -0.2) is 5.97 Å². The minimum Gasteiger partial charge on any atom is -0.426 e. The molecule has 1 rings (SSSR count). The van der Waals surface area contributed by atoms with Crippen molar-refractivity contribution in [1.29, 1.82) is 0 Å². The predicted octanol–water partition coefficient (Wildman–Crippen LogP) is 2.77. The standard InChI is InChI=1S/C9H6F4O2/c1-5(14)15-7-4-2-3-6(10)8(7)9(11,12)13/h2-4H,1H3. The lowest BCUT2D eigenvalue weighted by atomic mass is 10.2. The Balaban J connectivity index is 3.27. The lowest BCUT2D eigenvalue weighted by molar-refractivity contribution is -0.143. The van der Waals surface area contributed by atoms with Crippen molar-refractivity contribution >= 4 is 5.97 Å². The summed E-state index contributed by atoms with van der Waals surface area (Å²) >= 11 is 0. The van der Waals surface area contributed by atoms with Gasteiger partial charge in [-0.3, -0.25) is 4.79 Å². The fourth-order valence-corrected chi connectivity index (χ4v) is 1.02. The zero-order valence-corrected chi connectivity index (χ0v) is 7.56. The number of hydrogen-bond acceptors (Lipinski definition) is 2. The van der Waals surface area contributed by atoms with E-state index in [1.54, 1.807) is 0 Å². The molecule has 0 aliphatic heterocycles. The first-order valence-electron chi connectivity index (χ1n) is 3.86. The molecule has 0 fully saturated rings. The molecule has 0 aliphatic rings. The molecule has 0 amide bonds.